The molecule has 8 heteroatoms. The fourth-order valence-corrected chi connectivity index (χ4v) is 6.81. The van der Waals surface area contributed by atoms with Crippen LogP contribution in [0.2, 0.25) is 0 Å². The number of benzene rings is 1. The highest BCUT2D eigenvalue weighted by atomic mass is 79.9. The number of pyridine rings is 1. The Balaban J connectivity index is 1.45. The van der Waals surface area contributed by atoms with Gasteiger partial charge in [0.25, 0.3) is 10.0 Å². The van der Waals surface area contributed by atoms with Gasteiger partial charge in [0.1, 0.15) is 4.21 Å². The van der Waals surface area contributed by atoms with Gasteiger partial charge in [-0.2, -0.15) is 4.31 Å². The highest BCUT2D eigenvalue weighted by molar-refractivity contribution is 9.11. The van der Waals surface area contributed by atoms with Crippen LogP contribution in [0.25, 0.3) is 10.9 Å². The van der Waals surface area contributed by atoms with Crippen LogP contribution in [0.5, 0.6) is 0 Å². The average Bonchev–Trinajstić information content (AvgIpc) is 3.10. The third kappa shape index (κ3) is 3.57. The molecule has 0 radical (unpaired) electrons. The van der Waals surface area contributed by atoms with Crippen molar-refractivity contribution in [1.29, 1.82) is 0 Å². The zero-order chi connectivity index (χ0) is 18.1. The molecule has 0 N–H and O–H groups in total. The number of aromatic nitrogens is 1. The Morgan fingerprint density at radius 1 is 1.04 bits per heavy atom. The van der Waals surface area contributed by atoms with Crippen LogP contribution in [0.15, 0.2) is 56.7 Å². The van der Waals surface area contributed by atoms with Gasteiger partial charge in [-0.3, -0.25) is 9.88 Å². The largest absolute Gasteiger partial charge is 0.296 e. The van der Waals surface area contributed by atoms with Gasteiger partial charge < -0.3 is 0 Å². The van der Waals surface area contributed by atoms with Crippen molar-refractivity contribution in [2.45, 2.75) is 10.8 Å². The fourth-order valence-electron chi connectivity index (χ4n) is 3.23. The molecule has 26 heavy (non-hydrogen) atoms. The van der Waals surface area contributed by atoms with E-state index in [0.29, 0.717) is 17.3 Å². The van der Waals surface area contributed by atoms with E-state index in [0.717, 1.165) is 34.3 Å². The first kappa shape index (κ1) is 18.1. The summed E-state index contributed by atoms with van der Waals surface area (Å²) in [5, 5.41) is 1.13. The Kier molecular flexibility index (Phi) is 5.11. The van der Waals surface area contributed by atoms with Crippen molar-refractivity contribution in [3.63, 3.8) is 0 Å². The second-order valence-corrected chi connectivity index (χ2v) is 10.9. The maximum atomic E-state index is 12.7. The molecule has 0 spiro atoms. The number of thiophene rings is 1. The standard InChI is InChI=1S/C18H18BrN3O2S2/c19-16-6-7-17(25-16)26(23,24)22-11-9-21(10-12-22)13-15-4-1-3-14-5-2-8-20-18(14)15/h1-8H,9-13H2. The van der Waals surface area contributed by atoms with E-state index < -0.39 is 10.0 Å². The predicted molar refractivity (Wildman–Crippen MR) is 108 cm³/mol. The Hall–Kier alpha value is -1.32. The minimum absolute atomic E-state index is 0.399. The number of piperazine rings is 1. The van der Waals surface area contributed by atoms with E-state index >= 15 is 0 Å². The van der Waals surface area contributed by atoms with Crippen molar-refractivity contribution < 1.29 is 8.42 Å². The molecule has 0 saturated carbocycles. The number of sulfonamides is 1. The molecule has 2 aromatic heterocycles. The summed E-state index contributed by atoms with van der Waals surface area (Å²) in [6, 6.07) is 13.7. The molecular formula is C18H18BrN3O2S2. The van der Waals surface area contributed by atoms with Crippen LogP contribution in [0.4, 0.5) is 0 Å². The predicted octanol–water partition coefficient (Wildman–Crippen LogP) is 3.57. The third-order valence-electron chi connectivity index (χ3n) is 4.58. The molecule has 1 fully saturated rings. The van der Waals surface area contributed by atoms with E-state index in [1.807, 2.05) is 12.3 Å². The van der Waals surface area contributed by atoms with Crippen LogP contribution in [0.1, 0.15) is 5.56 Å². The first-order valence-corrected chi connectivity index (χ1v) is 11.4. The van der Waals surface area contributed by atoms with E-state index in [-0.39, 0.29) is 0 Å². The van der Waals surface area contributed by atoms with Gasteiger partial charge in [-0.15, -0.1) is 11.3 Å². The van der Waals surface area contributed by atoms with Gasteiger partial charge in [-0.05, 0) is 39.7 Å². The topological polar surface area (TPSA) is 53.5 Å². The molecule has 1 saturated heterocycles. The minimum atomic E-state index is -3.39. The van der Waals surface area contributed by atoms with Crippen LogP contribution < -0.4 is 0 Å². The van der Waals surface area contributed by atoms with Gasteiger partial charge in [0.15, 0.2) is 0 Å². The van der Waals surface area contributed by atoms with Crippen molar-refractivity contribution in [3.8, 4) is 0 Å². The van der Waals surface area contributed by atoms with Gasteiger partial charge in [0.05, 0.1) is 9.30 Å². The molecule has 0 atom stereocenters. The molecule has 1 aromatic carbocycles. The van der Waals surface area contributed by atoms with E-state index in [4.69, 9.17) is 0 Å². The number of para-hydroxylation sites is 1. The first-order valence-electron chi connectivity index (χ1n) is 8.34. The van der Waals surface area contributed by atoms with Crippen molar-refractivity contribution >= 4 is 48.2 Å². The lowest BCUT2D eigenvalue weighted by molar-refractivity contribution is 0.182. The SMILES string of the molecule is O=S(=O)(c1ccc(Br)s1)N1CCN(Cc2cccc3cccnc23)CC1. The molecule has 0 aliphatic carbocycles. The summed E-state index contributed by atoms with van der Waals surface area (Å²) in [6.07, 6.45) is 1.81. The second kappa shape index (κ2) is 7.36. The lowest BCUT2D eigenvalue weighted by Gasteiger charge is -2.33. The zero-order valence-corrected chi connectivity index (χ0v) is 17.2. The van der Waals surface area contributed by atoms with Crippen LogP contribution >= 0.6 is 27.3 Å². The van der Waals surface area contributed by atoms with E-state index in [1.54, 1.807) is 16.4 Å². The van der Waals surface area contributed by atoms with Gasteiger partial charge in [0.2, 0.25) is 0 Å². The first-order chi connectivity index (χ1) is 12.5. The summed E-state index contributed by atoms with van der Waals surface area (Å²) in [4.78, 5) is 6.80. The van der Waals surface area contributed by atoms with E-state index in [9.17, 15) is 8.42 Å². The highest BCUT2D eigenvalue weighted by Crippen LogP contribution is 2.29. The Bertz CT molecular complexity index is 1020. The van der Waals surface area contributed by atoms with Crippen LogP contribution in [-0.4, -0.2) is 48.8 Å². The average molecular weight is 452 g/mol. The summed E-state index contributed by atoms with van der Waals surface area (Å²) >= 11 is 4.59. The van der Waals surface area contributed by atoms with E-state index in [1.165, 1.54) is 16.9 Å². The molecule has 0 unspecified atom stereocenters. The van der Waals surface area contributed by atoms with Crippen LogP contribution in [-0.2, 0) is 16.6 Å². The molecule has 4 rings (SSSR count). The van der Waals surface area contributed by atoms with Crippen LogP contribution in [0.3, 0.4) is 0 Å². The third-order valence-corrected chi connectivity index (χ3v) is 8.57. The van der Waals surface area contributed by atoms with Gasteiger partial charge >= 0.3 is 0 Å². The van der Waals surface area contributed by atoms with Crippen molar-refractivity contribution in [1.82, 2.24) is 14.2 Å². The number of hydrogen-bond acceptors (Lipinski definition) is 5. The van der Waals surface area contributed by atoms with Crippen LogP contribution in [0, 0.1) is 0 Å². The monoisotopic (exact) mass is 451 g/mol. The second-order valence-electron chi connectivity index (χ2n) is 6.23. The molecule has 0 bridgehead atoms. The molecule has 3 aromatic rings. The molecule has 1 aliphatic rings. The number of hydrogen-bond donors (Lipinski definition) is 0. The van der Waals surface area contributed by atoms with Crippen molar-refractivity contribution in [3.05, 3.63) is 58.0 Å². The van der Waals surface area contributed by atoms with Gasteiger partial charge in [-0.1, -0.05) is 24.3 Å². The minimum Gasteiger partial charge on any atom is -0.296 e. The van der Waals surface area contributed by atoms with Crippen molar-refractivity contribution in [2.75, 3.05) is 26.2 Å². The summed E-state index contributed by atoms with van der Waals surface area (Å²) in [5.41, 5.74) is 2.20. The number of halogens is 1. The number of rotatable bonds is 4. The fraction of sp³-hybridized carbons (Fsp3) is 0.278. The maximum absolute atomic E-state index is 12.7. The van der Waals surface area contributed by atoms with E-state index in [2.05, 4.69) is 50.1 Å². The maximum Gasteiger partial charge on any atom is 0.252 e. The quantitative estimate of drug-likeness (QED) is 0.608. The highest BCUT2D eigenvalue weighted by Gasteiger charge is 2.29. The molecule has 3 heterocycles. The normalized spacial score (nSPS) is 17.0. The van der Waals surface area contributed by atoms with Gasteiger partial charge in [0, 0.05) is 44.3 Å². The van der Waals surface area contributed by atoms with Gasteiger partial charge in [-0.25, -0.2) is 8.42 Å². The lowest BCUT2D eigenvalue weighted by Crippen LogP contribution is -2.48. The Morgan fingerprint density at radius 3 is 2.54 bits per heavy atom. The summed E-state index contributed by atoms with van der Waals surface area (Å²) in [7, 11) is -3.39. The lowest BCUT2D eigenvalue weighted by atomic mass is 10.1. The zero-order valence-electron chi connectivity index (χ0n) is 14.0. The molecule has 1 aliphatic heterocycles. The summed E-state index contributed by atoms with van der Waals surface area (Å²) in [5.74, 6) is 0. The Labute approximate surface area is 165 Å². The number of nitrogens with zero attached hydrogens (tertiary/aromatic N) is 3. The molecule has 136 valence electrons. The molecular weight excluding hydrogens is 434 g/mol. The van der Waals surface area contributed by atoms with Crippen molar-refractivity contribution in [2.24, 2.45) is 0 Å². The smallest absolute Gasteiger partial charge is 0.252 e. The summed E-state index contributed by atoms with van der Waals surface area (Å²) in [6.45, 7) is 3.24. The number of fused-ring (bicyclic) bond motifs is 1. The molecule has 0 amide bonds. The molecule has 5 nitrogen and oxygen atoms in total. The summed E-state index contributed by atoms with van der Waals surface area (Å²) < 4.78 is 28.3. The Morgan fingerprint density at radius 2 is 1.81 bits per heavy atom.